The summed E-state index contributed by atoms with van der Waals surface area (Å²) in [5.74, 6) is 2.47. The molecule has 0 radical (unpaired) electrons. The Morgan fingerprint density at radius 3 is 2.79 bits per heavy atom. The standard InChI is InChI=1S/C25H28N2O2/c1-4-7-19-8-5-10-22-21(19)9-6-11-24(22)28-15-14-23-18(3)29-25(27-23)20-13-12-17(2)26-16-20/h6,8-9,11-13,16H,4-5,7,10,14-15H2,1-3H3. The third kappa shape index (κ3) is 4.26. The van der Waals surface area contributed by atoms with E-state index in [9.17, 15) is 0 Å². The van der Waals surface area contributed by atoms with E-state index in [1.807, 2.05) is 26.0 Å². The first kappa shape index (κ1) is 19.4. The van der Waals surface area contributed by atoms with Crippen LogP contribution in [0.15, 0.2) is 47.0 Å². The van der Waals surface area contributed by atoms with Crippen molar-refractivity contribution >= 4 is 5.57 Å². The third-order valence-corrected chi connectivity index (χ3v) is 5.43. The van der Waals surface area contributed by atoms with Gasteiger partial charge >= 0.3 is 0 Å². The Morgan fingerprint density at radius 2 is 2.00 bits per heavy atom. The summed E-state index contributed by atoms with van der Waals surface area (Å²) in [6.07, 6.45) is 9.35. The van der Waals surface area contributed by atoms with Crippen LogP contribution in [0.25, 0.3) is 17.0 Å². The van der Waals surface area contributed by atoms with Crippen molar-refractivity contribution in [1.29, 1.82) is 0 Å². The first-order valence-corrected chi connectivity index (χ1v) is 10.5. The van der Waals surface area contributed by atoms with Crippen LogP contribution in [0.4, 0.5) is 0 Å². The molecule has 0 amide bonds. The minimum atomic E-state index is 0.586. The van der Waals surface area contributed by atoms with Crippen molar-refractivity contribution in [2.45, 2.75) is 52.9 Å². The fourth-order valence-electron chi connectivity index (χ4n) is 3.90. The van der Waals surface area contributed by atoms with Gasteiger partial charge in [-0.2, -0.15) is 0 Å². The summed E-state index contributed by atoms with van der Waals surface area (Å²) in [6.45, 7) is 6.75. The molecule has 29 heavy (non-hydrogen) atoms. The van der Waals surface area contributed by atoms with Gasteiger partial charge in [0.2, 0.25) is 5.89 Å². The molecule has 0 bridgehead atoms. The maximum absolute atomic E-state index is 6.20. The lowest BCUT2D eigenvalue weighted by Crippen LogP contribution is -2.07. The van der Waals surface area contributed by atoms with Crippen molar-refractivity contribution in [3.8, 4) is 17.2 Å². The van der Waals surface area contributed by atoms with Crippen molar-refractivity contribution in [2.24, 2.45) is 0 Å². The Hall–Kier alpha value is -2.88. The van der Waals surface area contributed by atoms with Crippen molar-refractivity contribution in [1.82, 2.24) is 9.97 Å². The van der Waals surface area contributed by atoms with E-state index in [0.717, 1.165) is 54.1 Å². The fourth-order valence-corrected chi connectivity index (χ4v) is 3.90. The maximum atomic E-state index is 6.20. The number of pyridine rings is 1. The molecule has 4 nitrogen and oxygen atoms in total. The van der Waals surface area contributed by atoms with Crippen molar-refractivity contribution in [3.05, 3.63) is 70.9 Å². The van der Waals surface area contributed by atoms with Crippen LogP contribution in [0.2, 0.25) is 0 Å². The van der Waals surface area contributed by atoms with Crippen molar-refractivity contribution in [3.63, 3.8) is 0 Å². The molecule has 4 heteroatoms. The lowest BCUT2D eigenvalue weighted by atomic mass is 9.88. The molecule has 0 spiro atoms. The summed E-state index contributed by atoms with van der Waals surface area (Å²) < 4.78 is 12.1. The van der Waals surface area contributed by atoms with Gasteiger partial charge in [0.15, 0.2) is 0 Å². The highest BCUT2D eigenvalue weighted by molar-refractivity contribution is 5.72. The molecule has 2 aromatic heterocycles. The predicted octanol–water partition coefficient (Wildman–Crippen LogP) is 6.10. The van der Waals surface area contributed by atoms with Gasteiger partial charge in [-0.25, -0.2) is 4.98 Å². The summed E-state index contributed by atoms with van der Waals surface area (Å²) in [5.41, 5.74) is 7.00. The van der Waals surface area contributed by atoms with Crippen molar-refractivity contribution in [2.75, 3.05) is 6.61 Å². The topological polar surface area (TPSA) is 48.2 Å². The van der Waals surface area contributed by atoms with Crippen LogP contribution in [-0.2, 0) is 12.8 Å². The van der Waals surface area contributed by atoms with Crippen LogP contribution in [-0.4, -0.2) is 16.6 Å². The van der Waals surface area contributed by atoms with E-state index < -0.39 is 0 Å². The van der Waals surface area contributed by atoms with Crippen LogP contribution in [0.1, 0.15) is 54.5 Å². The normalized spacial score (nSPS) is 13.1. The van der Waals surface area contributed by atoms with Gasteiger partial charge in [0.25, 0.3) is 0 Å². The molecule has 0 atom stereocenters. The molecule has 1 aromatic carbocycles. The molecule has 4 rings (SSSR count). The predicted molar refractivity (Wildman–Crippen MR) is 116 cm³/mol. The summed E-state index contributed by atoms with van der Waals surface area (Å²) in [5, 5.41) is 0. The third-order valence-electron chi connectivity index (χ3n) is 5.43. The molecule has 2 heterocycles. The summed E-state index contributed by atoms with van der Waals surface area (Å²) in [7, 11) is 0. The monoisotopic (exact) mass is 388 g/mol. The first-order chi connectivity index (χ1) is 14.2. The number of aryl methyl sites for hydroxylation is 2. The second kappa shape index (κ2) is 8.64. The van der Waals surface area contributed by atoms with Gasteiger partial charge in [0, 0.05) is 23.9 Å². The minimum Gasteiger partial charge on any atom is -0.493 e. The minimum absolute atomic E-state index is 0.586. The molecule has 0 saturated heterocycles. The highest BCUT2D eigenvalue weighted by Gasteiger charge is 2.17. The van der Waals surface area contributed by atoms with Crippen LogP contribution >= 0.6 is 0 Å². The van der Waals surface area contributed by atoms with Crippen LogP contribution in [0, 0.1) is 13.8 Å². The van der Waals surface area contributed by atoms with E-state index in [0.29, 0.717) is 12.5 Å². The van der Waals surface area contributed by atoms with Gasteiger partial charge in [-0.1, -0.05) is 31.6 Å². The Morgan fingerprint density at radius 1 is 1.10 bits per heavy atom. The quantitative estimate of drug-likeness (QED) is 0.490. The number of allylic oxidation sites excluding steroid dienone is 2. The Kier molecular flexibility index (Phi) is 5.79. The zero-order chi connectivity index (χ0) is 20.2. The lowest BCUT2D eigenvalue weighted by molar-refractivity contribution is 0.316. The molecule has 1 aliphatic carbocycles. The number of rotatable bonds is 7. The number of ether oxygens (including phenoxy) is 1. The van der Waals surface area contributed by atoms with Crippen LogP contribution < -0.4 is 4.74 Å². The summed E-state index contributed by atoms with van der Waals surface area (Å²) >= 11 is 0. The number of hydrogen-bond acceptors (Lipinski definition) is 4. The SMILES string of the molecule is CCCC1=CCCc2c(OCCc3nc(-c4ccc(C)nc4)oc3C)cccc21. The van der Waals surface area contributed by atoms with Gasteiger partial charge < -0.3 is 9.15 Å². The molecule has 3 aromatic rings. The van der Waals surface area contributed by atoms with E-state index in [2.05, 4.69) is 41.2 Å². The first-order valence-electron chi connectivity index (χ1n) is 10.5. The van der Waals surface area contributed by atoms with E-state index in [-0.39, 0.29) is 0 Å². The smallest absolute Gasteiger partial charge is 0.228 e. The zero-order valence-electron chi connectivity index (χ0n) is 17.5. The van der Waals surface area contributed by atoms with E-state index in [1.165, 1.54) is 23.1 Å². The fraction of sp³-hybridized carbons (Fsp3) is 0.360. The summed E-state index contributed by atoms with van der Waals surface area (Å²) in [6, 6.07) is 10.4. The molecule has 0 saturated carbocycles. The molecule has 0 unspecified atom stereocenters. The second-order valence-corrected chi connectivity index (χ2v) is 7.61. The molecule has 0 N–H and O–H groups in total. The van der Waals surface area contributed by atoms with Gasteiger partial charge in [0.05, 0.1) is 17.9 Å². The Bertz CT molecular complexity index is 1020. The molecule has 150 valence electrons. The average Bonchev–Trinajstić information content (AvgIpc) is 3.10. The van der Waals surface area contributed by atoms with Gasteiger partial charge in [0.1, 0.15) is 11.5 Å². The number of fused-ring (bicyclic) bond motifs is 1. The highest BCUT2D eigenvalue weighted by Crippen LogP contribution is 2.35. The average molecular weight is 389 g/mol. The molecular weight excluding hydrogens is 360 g/mol. The van der Waals surface area contributed by atoms with Gasteiger partial charge in [-0.05, 0) is 62.4 Å². The number of hydrogen-bond donors (Lipinski definition) is 0. The Labute approximate surface area is 172 Å². The van der Waals surface area contributed by atoms with E-state index in [4.69, 9.17) is 9.15 Å². The van der Waals surface area contributed by atoms with Gasteiger partial charge in [-0.3, -0.25) is 4.98 Å². The number of oxazole rings is 1. The van der Waals surface area contributed by atoms with Crippen molar-refractivity contribution < 1.29 is 9.15 Å². The molecule has 1 aliphatic rings. The molecule has 0 aliphatic heterocycles. The van der Waals surface area contributed by atoms with E-state index >= 15 is 0 Å². The summed E-state index contributed by atoms with van der Waals surface area (Å²) in [4.78, 5) is 9.00. The largest absolute Gasteiger partial charge is 0.493 e. The number of benzene rings is 1. The highest BCUT2D eigenvalue weighted by atomic mass is 16.5. The Balaban J connectivity index is 1.44. The molecule has 0 fully saturated rings. The number of nitrogens with zero attached hydrogens (tertiary/aromatic N) is 2. The molecular formula is C25H28N2O2. The van der Waals surface area contributed by atoms with Crippen LogP contribution in [0.3, 0.4) is 0 Å². The zero-order valence-corrected chi connectivity index (χ0v) is 17.5. The van der Waals surface area contributed by atoms with Gasteiger partial charge in [-0.15, -0.1) is 0 Å². The van der Waals surface area contributed by atoms with Crippen LogP contribution in [0.5, 0.6) is 5.75 Å². The number of aromatic nitrogens is 2. The second-order valence-electron chi connectivity index (χ2n) is 7.61. The maximum Gasteiger partial charge on any atom is 0.228 e. The van der Waals surface area contributed by atoms with E-state index in [1.54, 1.807) is 6.20 Å². The lowest BCUT2D eigenvalue weighted by Gasteiger charge is -2.20.